The molecule has 0 bridgehead atoms. The van der Waals surface area contributed by atoms with E-state index < -0.39 is 18.4 Å². The van der Waals surface area contributed by atoms with Crippen LogP contribution in [0.1, 0.15) is 361 Å². The van der Waals surface area contributed by atoms with Crippen molar-refractivity contribution in [2.45, 2.75) is 373 Å². The highest BCUT2D eigenvalue weighted by Crippen LogP contribution is 2.19. The van der Waals surface area contributed by atoms with Crippen molar-refractivity contribution in [3.8, 4) is 0 Å². The molecular weight excluding hydrogens is 1030 g/mol. The molecule has 0 aliphatic rings. The lowest BCUT2D eigenvalue weighted by atomic mass is 10.0. The Kier molecular flexibility index (Phi) is 63.5. The van der Waals surface area contributed by atoms with Crippen LogP contribution < -0.4 is 0 Å². The Morgan fingerprint density at radius 3 is 0.964 bits per heavy atom. The van der Waals surface area contributed by atoms with Crippen molar-refractivity contribution in [3.63, 3.8) is 0 Å². The fraction of sp³-hybridized carbons (Fsp3) is 0.878. The first-order valence-corrected chi connectivity index (χ1v) is 36.2. The topological polar surface area (TPSA) is 108 Å². The smallest absolute Gasteiger partial charge is 0.361 e. The van der Waals surface area contributed by atoms with Crippen molar-refractivity contribution in [2.75, 3.05) is 47.5 Å². The van der Waals surface area contributed by atoms with Gasteiger partial charge in [-0.05, 0) is 51.4 Å². The summed E-state index contributed by atoms with van der Waals surface area (Å²) in [7, 11) is 5.99. The summed E-state index contributed by atoms with van der Waals surface area (Å²) in [6, 6.07) is 0. The molecule has 2 atom stereocenters. The van der Waals surface area contributed by atoms with Crippen molar-refractivity contribution in [2.24, 2.45) is 0 Å². The summed E-state index contributed by atoms with van der Waals surface area (Å²) >= 11 is 0. The van der Waals surface area contributed by atoms with Gasteiger partial charge in [0.05, 0.1) is 34.4 Å². The van der Waals surface area contributed by atoms with E-state index in [1.807, 2.05) is 21.1 Å². The number of allylic oxidation sites excluding steroid dienone is 6. The number of hydrogen-bond acceptors (Lipinski definition) is 7. The van der Waals surface area contributed by atoms with Gasteiger partial charge in [-0.3, -0.25) is 9.59 Å². The number of ether oxygens (including phenoxy) is 4. The second-order valence-corrected chi connectivity index (χ2v) is 25.9. The van der Waals surface area contributed by atoms with E-state index in [9.17, 15) is 19.5 Å². The molecule has 9 heteroatoms. The van der Waals surface area contributed by atoms with Gasteiger partial charge in [-0.2, -0.15) is 0 Å². The first-order chi connectivity index (χ1) is 40.6. The predicted octanol–water partition coefficient (Wildman–Crippen LogP) is 22.4. The maximum atomic E-state index is 12.9. The van der Waals surface area contributed by atoms with E-state index >= 15 is 0 Å². The van der Waals surface area contributed by atoms with Crippen LogP contribution in [0.3, 0.4) is 0 Å². The molecular formula is C74H140NO8+. The van der Waals surface area contributed by atoms with Gasteiger partial charge in [-0.15, -0.1) is 0 Å². The normalized spacial score (nSPS) is 12.8. The van der Waals surface area contributed by atoms with Gasteiger partial charge in [0, 0.05) is 12.8 Å². The lowest BCUT2D eigenvalue weighted by Crippen LogP contribution is -2.40. The van der Waals surface area contributed by atoms with Gasteiger partial charge in [0.2, 0.25) is 0 Å². The van der Waals surface area contributed by atoms with Gasteiger partial charge in [0.1, 0.15) is 13.2 Å². The average molecular weight is 1170 g/mol. The number of quaternary nitrogens is 1. The summed E-state index contributed by atoms with van der Waals surface area (Å²) < 4.78 is 23.0. The average Bonchev–Trinajstić information content (AvgIpc) is 3.46. The van der Waals surface area contributed by atoms with Crippen LogP contribution in [0.25, 0.3) is 0 Å². The van der Waals surface area contributed by atoms with Crippen LogP contribution in [-0.2, 0) is 33.3 Å². The standard InChI is InChI=1S/C74H139NO8/c1-6-8-10-12-14-16-18-20-22-24-26-28-30-32-34-36-38-40-42-44-46-48-50-52-54-56-58-60-62-64-71(76)81-68-70(69-82-74(73(78)79)80-67-66-75(3,4)5)83-72(77)65-63-61-59-57-55-53-51-49-47-45-43-41-39-37-35-33-31-29-27-25-23-21-19-17-15-13-11-9-7-2/h19,21,25,27,31,33,70,74H,6-18,20,22-24,26,28-30,32,34-69H2,1-5H3/p+1/b21-19-,27-25-,33-31-. The molecule has 0 saturated carbocycles. The quantitative estimate of drug-likeness (QED) is 0.0211. The highest BCUT2D eigenvalue weighted by Gasteiger charge is 2.25. The molecule has 0 rings (SSSR count). The van der Waals surface area contributed by atoms with E-state index in [2.05, 4.69) is 50.3 Å². The molecule has 0 saturated heterocycles. The third-order valence-electron chi connectivity index (χ3n) is 16.4. The molecule has 0 spiro atoms. The van der Waals surface area contributed by atoms with Crippen LogP contribution in [0.15, 0.2) is 36.5 Å². The number of nitrogens with zero attached hydrogens (tertiary/aromatic N) is 1. The zero-order chi connectivity index (χ0) is 60.5. The maximum Gasteiger partial charge on any atom is 0.361 e. The van der Waals surface area contributed by atoms with Crippen LogP contribution in [0.2, 0.25) is 0 Å². The summed E-state index contributed by atoms with van der Waals surface area (Å²) in [5.74, 6) is -1.98. The molecule has 83 heavy (non-hydrogen) atoms. The van der Waals surface area contributed by atoms with Gasteiger partial charge < -0.3 is 28.5 Å². The Bertz CT molecular complexity index is 1450. The molecule has 488 valence electrons. The molecule has 0 radical (unpaired) electrons. The number of esters is 2. The lowest BCUT2D eigenvalue weighted by Gasteiger charge is -2.25. The van der Waals surface area contributed by atoms with Gasteiger partial charge in [0.25, 0.3) is 6.29 Å². The van der Waals surface area contributed by atoms with E-state index in [4.69, 9.17) is 18.9 Å². The fourth-order valence-electron chi connectivity index (χ4n) is 10.8. The number of likely N-dealkylation sites (N-methyl/N-ethyl adjacent to an activating group) is 1. The Morgan fingerprint density at radius 2 is 0.651 bits per heavy atom. The first-order valence-electron chi connectivity index (χ1n) is 36.2. The van der Waals surface area contributed by atoms with Gasteiger partial charge >= 0.3 is 17.9 Å². The Hall–Kier alpha value is -2.49. The Balaban J connectivity index is 4.06. The van der Waals surface area contributed by atoms with Crippen LogP contribution in [-0.4, -0.2) is 87.4 Å². The fourth-order valence-corrected chi connectivity index (χ4v) is 10.8. The van der Waals surface area contributed by atoms with E-state index in [1.54, 1.807) is 0 Å². The largest absolute Gasteiger partial charge is 0.477 e. The number of rotatable bonds is 68. The Morgan fingerprint density at radius 1 is 0.361 bits per heavy atom. The van der Waals surface area contributed by atoms with E-state index in [1.165, 1.54) is 283 Å². The minimum Gasteiger partial charge on any atom is -0.477 e. The molecule has 9 nitrogen and oxygen atoms in total. The molecule has 1 N–H and O–H groups in total. The van der Waals surface area contributed by atoms with Crippen molar-refractivity contribution in [1.82, 2.24) is 0 Å². The van der Waals surface area contributed by atoms with Gasteiger partial charge in [-0.25, -0.2) is 4.79 Å². The third kappa shape index (κ3) is 66.9. The van der Waals surface area contributed by atoms with Crippen molar-refractivity contribution in [3.05, 3.63) is 36.5 Å². The van der Waals surface area contributed by atoms with E-state index in [0.29, 0.717) is 17.4 Å². The van der Waals surface area contributed by atoms with Gasteiger partial charge in [-0.1, -0.05) is 333 Å². The number of carboxylic acid groups (broad SMARTS) is 1. The summed E-state index contributed by atoms with van der Waals surface area (Å²) in [6.07, 6.45) is 79.8. The highest BCUT2D eigenvalue weighted by molar-refractivity contribution is 5.71. The van der Waals surface area contributed by atoms with E-state index in [0.717, 1.165) is 51.4 Å². The second-order valence-electron chi connectivity index (χ2n) is 25.9. The number of unbranched alkanes of at least 4 members (excludes halogenated alkanes) is 47. The summed E-state index contributed by atoms with van der Waals surface area (Å²) in [6.45, 7) is 4.94. The number of carboxylic acids is 1. The van der Waals surface area contributed by atoms with Crippen molar-refractivity contribution < 1.29 is 42.9 Å². The van der Waals surface area contributed by atoms with E-state index in [-0.39, 0.29) is 38.2 Å². The van der Waals surface area contributed by atoms with Crippen LogP contribution in [0, 0.1) is 0 Å². The number of carbonyl (C=O) groups is 3. The summed E-state index contributed by atoms with van der Waals surface area (Å²) in [5.41, 5.74) is 0. The summed E-state index contributed by atoms with van der Waals surface area (Å²) in [4.78, 5) is 37.6. The molecule has 2 unspecified atom stereocenters. The van der Waals surface area contributed by atoms with Crippen LogP contribution in [0.4, 0.5) is 0 Å². The van der Waals surface area contributed by atoms with Crippen LogP contribution >= 0.6 is 0 Å². The molecule has 0 aromatic carbocycles. The first kappa shape index (κ1) is 80.5. The van der Waals surface area contributed by atoms with Crippen LogP contribution in [0.5, 0.6) is 0 Å². The van der Waals surface area contributed by atoms with Gasteiger partial charge in [0.15, 0.2) is 6.10 Å². The molecule has 0 heterocycles. The SMILES string of the molecule is CCCCCCC/C=C\C/C=C\C/C=C\CCCCCCCCCCCCCCCCC(=O)OC(COC(=O)CCCCCCCCCCCCCCCCCCCCCCCCCCCCCCC)COC(OCC[N+](C)(C)C)C(=O)O. The number of carbonyl (C=O) groups excluding carboxylic acids is 2. The molecule has 0 aromatic rings. The molecule has 0 aliphatic carbocycles. The number of aliphatic carboxylic acids is 1. The van der Waals surface area contributed by atoms with Crippen molar-refractivity contribution in [1.29, 1.82) is 0 Å². The zero-order valence-corrected chi connectivity index (χ0v) is 55.9. The Labute approximate surface area is 515 Å². The van der Waals surface area contributed by atoms with Crippen molar-refractivity contribution >= 4 is 17.9 Å². The molecule has 0 aliphatic heterocycles. The predicted molar refractivity (Wildman–Crippen MR) is 355 cm³/mol. The third-order valence-corrected chi connectivity index (χ3v) is 16.4. The molecule has 0 amide bonds. The summed E-state index contributed by atoms with van der Waals surface area (Å²) in [5, 5.41) is 9.75. The highest BCUT2D eigenvalue weighted by atomic mass is 16.7. The monoisotopic (exact) mass is 1170 g/mol. The minimum atomic E-state index is -1.51. The zero-order valence-electron chi connectivity index (χ0n) is 55.9. The minimum absolute atomic E-state index is 0.177. The molecule has 0 aromatic heterocycles. The maximum absolute atomic E-state index is 12.9. The molecule has 0 fully saturated rings. The number of hydrogen-bond donors (Lipinski definition) is 1. The lowest BCUT2D eigenvalue weighted by molar-refractivity contribution is -0.870. The second kappa shape index (κ2) is 65.5.